The number of ether oxygens (including phenoxy) is 3. The molecule has 0 aromatic heterocycles. The van der Waals surface area contributed by atoms with Gasteiger partial charge in [-0.25, -0.2) is 4.57 Å². The molecule has 0 aromatic carbocycles. The molecule has 1 heterocycles. The summed E-state index contributed by atoms with van der Waals surface area (Å²) in [6.45, 7) is 4.29. The number of epoxide rings is 1. The Morgan fingerprint density at radius 1 is 0.607 bits per heavy atom. The molecule has 1 aliphatic heterocycles. The van der Waals surface area contributed by atoms with Crippen LogP contribution in [-0.2, 0) is 37.4 Å². The molecule has 61 heavy (non-hydrogen) atoms. The molecule has 1 fully saturated rings. The third-order valence-corrected chi connectivity index (χ3v) is 11.4. The number of rotatable bonds is 42. The van der Waals surface area contributed by atoms with Crippen LogP contribution in [0.2, 0.25) is 0 Å². The van der Waals surface area contributed by atoms with Crippen molar-refractivity contribution in [3.63, 3.8) is 0 Å². The zero-order valence-corrected chi connectivity index (χ0v) is 40.2. The Labute approximate surface area is 372 Å². The second-order valence-corrected chi connectivity index (χ2v) is 19.0. The second-order valence-electron chi connectivity index (χ2n) is 17.5. The molecule has 0 bridgehead atoms. The molecule has 4 atom stereocenters. The molecule has 0 aliphatic carbocycles. The maximum absolute atomic E-state index is 12.7. The van der Waals surface area contributed by atoms with Gasteiger partial charge >= 0.3 is 19.8 Å². The predicted octanol–water partition coefficient (Wildman–Crippen LogP) is 13.0. The van der Waals surface area contributed by atoms with Gasteiger partial charge in [0.1, 0.15) is 19.8 Å². The number of hydrogen-bond acceptors (Lipinski definition) is 8. The maximum Gasteiger partial charge on any atom is 0.472 e. The summed E-state index contributed by atoms with van der Waals surface area (Å²) < 4.78 is 40.1. The van der Waals surface area contributed by atoms with E-state index in [1.54, 1.807) is 0 Å². The van der Waals surface area contributed by atoms with E-state index >= 15 is 0 Å². The minimum atomic E-state index is -4.40. The van der Waals surface area contributed by atoms with Crippen LogP contribution in [0.1, 0.15) is 181 Å². The van der Waals surface area contributed by atoms with Gasteiger partial charge in [-0.15, -0.1) is 0 Å². The van der Waals surface area contributed by atoms with E-state index < -0.39 is 26.5 Å². The molecule has 3 unspecified atom stereocenters. The van der Waals surface area contributed by atoms with Crippen molar-refractivity contribution in [2.24, 2.45) is 0 Å². The van der Waals surface area contributed by atoms with Crippen LogP contribution in [0.5, 0.6) is 0 Å². The number of carbonyl (C=O) groups excluding carboxylic acids is 2. The van der Waals surface area contributed by atoms with Crippen molar-refractivity contribution in [3.8, 4) is 0 Å². The molecule has 0 spiro atoms. The Balaban J connectivity index is 2.28. The summed E-state index contributed by atoms with van der Waals surface area (Å²) in [5.74, 6) is -0.875. The van der Waals surface area contributed by atoms with E-state index in [4.69, 9.17) is 23.3 Å². The molecular weight excluding hydrogens is 790 g/mol. The summed E-state index contributed by atoms with van der Waals surface area (Å²) in [6, 6.07) is 0. The molecule has 11 heteroatoms. The zero-order valence-electron chi connectivity index (χ0n) is 39.3. The first-order chi connectivity index (χ1) is 29.5. The molecule has 0 saturated carbocycles. The van der Waals surface area contributed by atoms with E-state index in [1.807, 2.05) is 27.2 Å². The molecule has 352 valence electrons. The van der Waals surface area contributed by atoms with Crippen LogP contribution in [0.3, 0.4) is 0 Å². The maximum atomic E-state index is 12.7. The average molecular weight is 879 g/mol. The number of allylic oxidation sites excluding steroid dienone is 9. The lowest BCUT2D eigenvalue weighted by molar-refractivity contribution is -0.870. The van der Waals surface area contributed by atoms with Gasteiger partial charge in [0.25, 0.3) is 0 Å². The van der Waals surface area contributed by atoms with E-state index in [9.17, 15) is 19.0 Å². The molecule has 1 saturated heterocycles. The van der Waals surface area contributed by atoms with E-state index in [0.29, 0.717) is 36.1 Å². The number of unbranched alkanes of at least 4 members (excludes halogenated alkanes) is 15. The third-order valence-electron chi connectivity index (χ3n) is 10.4. The number of hydrogen-bond donors (Lipinski definition) is 1. The number of likely N-dealkylation sites (N-methyl/N-ethyl adjacent to an activating group) is 1. The quantitative estimate of drug-likeness (QED) is 0.0159. The number of quaternary nitrogens is 1. The van der Waals surface area contributed by atoms with E-state index in [0.717, 1.165) is 57.8 Å². The van der Waals surface area contributed by atoms with Crippen LogP contribution in [0, 0.1) is 0 Å². The Kier molecular flexibility index (Phi) is 35.5. The molecule has 0 amide bonds. The van der Waals surface area contributed by atoms with Crippen molar-refractivity contribution in [1.82, 2.24) is 0 Å². The first-order valence-electron chi connectivity index (χ1n) is 24.1. The number of phosphoric acid groups is 1. The van der Waals surface area contributed by atoms with Crippen LogP contribution in [0.25, 0.3) is 0 Å². The zero-order chi connectivity index (χ0) is 44.7. The highest BCUT2D eigenvalue weighted by molar-refractivity contribution is 7.47. The summed E-state index contributed by atoms with van der Waals surface area (Å²) in [7, 11) is 1.43. The van der Waals surface area contributed by atoms with Gasteiger partial charge in [-0.1, -0.05) is 152 Å². The molecular formula is C50H89NO9P+. The minimum Gasteiger partial charge on any atom is -0.462 e. The van der Waals surface area contributed by atoms with Crippen LogP contribution in [0.4, 0.5) is 0 Å². The van der Waals surface area contributed by atoms with E-state index in [2.05, 4.69) is 68.5 Å². The normalized spacial score (nSPS) is 17.3. The second kappa shape index (κ2) is 38.2. The van der Waals surface area contributed by atoms with Gasteiger partial charge in [0.15, 0.2) is 6.10 Å². The molecule has 0 aromatic rings. The van der Waals surface area contributed by atoms with Gasteiger partial charge in [0.2, 0.25) is 0 Å². The van der Waals surface area contributed by atoms with Crippen molar-refractivity contribution < 1.29 is 46.8 Å². The Morgan fingerprint density at radius 3 is 1.72 bits per heavy atom. The third kappa shape index (κ3) is 39.0. The fourth-order valence-corrected chi connectivity index (χ4v) is 7.28. The van der Waals surface area contributed by atoms with Gasteiger partial charge in [-0.3, -0.25) is 18.6 Å². The highest BCUT2D eigenvalue weighted by Gasteiger charge is 2.36. The molecule has 10 nitrogen and oxygen atoms in total. The first-order valence-corrected chi connectivity index (χ1v) is 25.6. The van der Waals surface area contributed by atoms with Gasteiger partial charge in [-0.05, 0) is 77.0 Å². The topological polar surface area (TPSA) is 121 Å². The van der Waals surface area contributed by atoms with Crippen LogP contribution < -0.4 is 0 Å². The van der Waals surface area contributed by atoms with Crippen molar-refractivity contribution in [1.29, 1.82) is 0 Å². The summed E-state index contributed by atoms with van der Waals surface area (Å²) in [5.41, 5.74) is 0. The Morgan fingerprint density at radius 2 is 1.11 bits per heavy atom. The standard InChI is InChI=1S/C50H88NO9P/c1-6-8-10-11-12-13-14-15-16-17-18-19-20-21-22-26-29-32-36-40-49(52)56-44-46(45-58-61(54,55)57-43-42-51(3,4)5)59-50(53)41-37-33-30-27-24-23-25-28-31-35-39-48-47(60-48)38-34-9-7-2/h12-13,15-16,23,25,27,30-31,35,46-48H,6-11,14,17-22,24,26,28-29,32-34,36-45H2,1-5H3/p+1/b13-12-,16-15-,25-23-,30-27-,35-31-/t46-,47?,48?/m1/s1. The Hall–Kier alpha value is -2.33. The van der Waals surface area contributed by atoms with Gasteiger partial charge in [0.05, 0.1) is 40.0 Å². The predicted molar refractivity (Wildman–Crippen MR) is 251 cm³/mol. The lowest BCUT2D eigenvalue weighted by Crippen LogP contribution is -2.37. The van der Waals surface area contributed by atoms with Crippen molar-refractivity contribution in [2.75, 3.05) is 47.5 Å². The summed E-state index contributed by atoms with van der Waals surface area (Å²) in [4.78, 5) is 35.5. The summed E-state index contributed by atoms with van der Waals surface area (Å²) in [5, 5.41) is 0. The Bertz CT molecular complexity index is 1290. The van der Waals surface area contributed by atoms with Crippen LogP contribution >= 0.6 is 7.82 Å². The van der Waals surface area contributed by atoms with E-state index in [-0.39, 0.29) is 32.0 Å². The smallest absolute Gasteiger partial charge is 0.462 e. The fourth-order valence-electron chi connectivity index (χ4n) is 6.54. The molecule has 1 rings (SSSR count). The van der Waals surface area contributed by atoms with Crippen LogP contribution in [0.15, 0.2) is 60.8 Å². The largest absolute Gasteiger partial charge is 0.472 e. The average Bonchev–Trinajstić information content (AvgIpc) is 3.97. The van der Waals surface area contributed by atoms with Crippen LogP contribution in [-0.4, -0.2) is 87.1 Å². The monoisotopic (exact) mass is 879 g/mol. The minimum absolute atomic E-state index is 0.0164. The van der Waals surface area contributed by atoms with Gasteiger partial charge in [-0.2, -0.15) is 0 Å². The number of nitrogens with zero attached hydrogens (tertiary/aromatic N) is 1. The first kappa shape index (κ1) is 56.7. The number of phosphoric ester groups is 1. The SMILES string of the molecule is CCCCC/C=C\C/C=C\CCCCCCCCCCCC(=O)OC[C@H](COP(=O)(O)OCC[N+](C)(C)C)OC(=O)CCC/C=C\C/C=C\C/C=C\CC1OC1CCCCC. The highest BCUT2D eigenvalue weighted by Crippen LogP contribution is 2.43. The summed E-state index contributed by atoms with van der Waals surface area (Å²) in [6.07, 6.45) is 48.8. The van der Waals surface area contributed by atoms with Gasteiger partial charge in [0, 0.05) is 12.8 Å². The summed E-state index contributed by atoms with van der Waals surface area (Å²) >= 11 is 0. The van der Waals surface area contributed by atoms with Crippen molar-refractivity contribution in [2.45, 2.75) is 199 Å². The molecule has 0 radical (unpaired) electrons. The van der Waals surface area contributed by atoms with Gasteiger partial charge < -0.3 is 23.6 Å². The molecule has 1 aliphatic rings. The van der Waals surface area contributed by atoms with Crippen molar-refractivity contribution in [3.05, 3.63) is 60.8 Å². The highest BCUT2D eigenvalue weighted by atomic mass is 31.2. The fraction of sp³-hybridized carbons (Fsp3) is 0.760. The van der Waals surface area contributed by atoms with Crippen molar-refractivity contribution >= 4 is 19.8 Å². The number of carbonyl (C=O) groups is 2. The number of esters is 2. The lowest BCUT2D eigenvalue weighted by Gasteiger charge is -2.24. The van der Waals surface area contributed by atoms with E-state index in [1.165, 1.54) is 83.5 Å². The lowest BCUT2D eigenvalue weighted by atomic mass is 10.1. The molecule has 1 N–H and O–H groups in total.